The lowest BCUT2D eigenvalue weighted by molar-refractivity contribution is -0.159. The number of carbonyl (C=O) groups excluding carboxylic acids is 4. The second-order valence-corrected chi connectivity index (χ2v) is 12.0. The number of hydrogen-bond donors (Lipinski definition) is 2. The van der Waals surface area contributed by atoms with Crippen molar-refractivity contribution in [2.45, 2.75) is 91.5 Å². The van der Waals surface area contributed by atoms with Crippen LogP contribution in [0.1, 0.15) is 77.6 Å². The monoisotopic (exact) mass is 567 g/mol. The van der Waals surface area contributed by atoms with Gasteiger partial charge in [0.1, 0.15) is 29.8 Å². The van der Waals surface area contributed by atoms with E-state index in [1.807, 2.05) is 56.3 Å². The van der Waals surface area contributed by atoms with Gasteiger partial charge in [-0.3, -0.25) is 9.59 Å². The van der Waals surface area contributed by atoms with Crippen LogP contribution in [-0.4, -0.2) is 59.1 Å². The van der Waals surface area contributed by atoms with Crippen molar-refractivity contribution in [3.05, 3.63) is 71.3 Å². The highest BCUT2D eigenvalue weighted by Gasteiger charge is 2.35. The van der Waals surface area contributed by atoms with E-state index in [2.05, 4.69) is 10.6 Å². The zero-order valence-corrected chi connectivity index (χ0v) is 25.6. The first-order valence-electron chi connectivity index (χ1n) is 14.0. The van der Waals surface area contributed by atoms with E-state index in [1.165, 1.54) is 4.90 Å². The number of aryl methyl sites for hydroxylation is 1. The fourth-order valence-electron chi connectivity index (χ4n) is 4.09. The molecule has 9 nitrogen and oxygen atoms in total. The molecule has 0 radical (unpaired) electrons. The molecule has 2 aromatic rings. The van der Waals surface area contributed by atoms with Crippen molar-refractivity contribution < 1.29 is 28.7 Å². The number of carbonyl (C=O) groups is 4. The molecule has 0 aliphatic heterocycles. The molecule has 0 saturated heterocycles. The normalized spacial score (nSPS) is 13.0. The summed E-state index contributed by atoms with van der Waals surface area (Å²) in [4.78, 5) is 54.4. The van der Waals surface area contributed by atoms with Gasteiger partial charge < -0.3 is 25.0 Å². The van der Waals surface area contributed by atoms with E-state index in [0.29, 0.717) is 12.0 Å². The Hall–Kier alpha value is -3.88. The molecular weight excluding hydrogens is 522 g/mol. The Kier molecular flexibility index (Phi) is 11.9. The Labute approximate surface area is 244 Å². The number of esters is 1. The molecule has 0 spiro atoms. The van der Waals surface area contributed by atoms with E-state index in [4.69, 9.17) is 9.47 Å². The molecule has 0 heterocycles. The van der Waals surface area contributed by atoms with Gasteiger partial charge in [-0.2, -0.15) is 0 Å². The number of nitrogens with zero attached hydrogens (tertiary/aromatic N) is 1. The van der Waals surface area contributed by atoms with Gasteiger partial charge in [-0.25, -0.2) is 9.59 Å². The van der Waals surface area contributed by atoms with Crippen molar-refractivity contribution in [2.75, 3.05) is 13.1 Å². The number of amides is 3. The summed E-state index contributed by atoms with van der Waals surface area (Å²) in [6.45, 7) is 14.2. The maximum Gasteiger partial charge on any atom is 0.408 e. The topological polar surface area (TPSA) is 114 Å². The molecule has 0 saturated carbocycles. The van der Waals surface area contributed by atoms with Crippen LogP contribution < -0.4 is 10.6 Å². The van der Waals surface area contributed by atoms with Crippen molar-refractivity contribution >= 4 is 23.9 Å². The quantitative estimate of drug-likeness (QED) is 0.375. The Morgan fingerprint density at radius 1 is 0.854 bits per heavy atom. The SMILES string of the molecule is CCCN(C(=O)CNC(=O)OC(C)(C)C)C(C(=O)NC(Cc1ccccc1)C(=O)OC(C)(C)C)c1ccc(C)cc1. The van der Waals surface area contributed by atoms with Gasteiger partial charge in [0.25, 0.3) is 0 Å². The average molecular weight is 568 g/mol. The van der Waals surface area contributed by atoms with E-state index < -0.39 is 47.2 Å². The smallest absolute Gasteiger partial charge is 0.408 e. The van der Waals surface area contributed by atoms with Crippen LogP contribution in [0.3, 0.4) is 0 Å². The minimum atomic E-state index is -1.05. The summed E-state index contributed by atoms with van der Waals surface area (Å²) in [6, 6.07) is 14.6. The van der Waals surface area contributed by atoms with Crippen LogP contribution in [0.2, 0.25) is 0 Å². The van der Waals surface area contributed by atoms with Crippen LogP contribution >= 0.6 is 0 Å². The van der Waals surface area contributed by atoms with Gasteiger partial charge in [-0.05, 0) is 66.0 Å². The second-order valence-electron chi connectivity index (χ2n) is 12.0. The first kappa shape index (κ1) is 33.3. The number of nitrogens with one attached hydrogen (secondary N) is 2. The lowest BCUT2D eigenvalue weighted by Gasteiger charge is -2.33. The third kappa shape index (κ3) is 11.6. The van der Waals surface area contributed by atoms with E-state index in [-0.39, 0.29) is 19.5 Å². The summed E-state index contributed by atoms with van der Waals surface area (Å²) < 4.78 is 10.9. The first-order chi connectivity index (χ1) is 19.1. The molecule has 2 aromatic carbocycles. The number of alkyl carbamates (subject to hydrolysis) is 1. The molecule has 2 atom stereocenters. The molecule has 3 amide bonds. The van der Waals surface area contributed by atoms with Crippen molar-refractivity contribution in [1.82, 2.24) is 15.5 Å². The van der Waals surface area contributed by atoms with Gasteiger partial charge in [0.05, 0.1) is 0 Å². The van der Waals surface area contributed by atoms with E-state index in [1.54, 1.807) is 53.7 Å². The van der Waals surface area contributed by atoms with E-state index in [0.717, 1.165) is 11.1 Å². The molecule has 0 aliphatic rings. The van der Waals surface area contributed by atoms with Crippen LogP contribution in [0.4, 0.5) is 4.79 Å². The maximum absolute atomic E-state index is 14.0. The molecule has 2 N–H and O–H groups in total. The summed E-state index contributed by atoms with van der Waals surface area (Å²) in [7, 11) is 0. The highest BCUT2D eigenvalue weighted by atomic mass is 16.6. The van der Waals surface area contributed by atoms with Crippen molar-refractivity contribution in [1.29, 1.82) is 0 Å². The third-order valence-corrected chi connectivity index (χ3v) is 5.81. The Morgan fingerprint density at radius 3 is 1.98 bits per heavy atom. The number of benzene rings is 2. The average Bonchev–Trinajstić information content (AvgIpc) is 2.86. The molecule has 0 aliphatic carbocycles. The summed E-state index contributed by atoms with van der Waals surface area (Å²) >= 11 is 0. The van der Waals surface area contributed by atoms with Crippen molar-refractivity contribution in [3.8, 4) is 0 Å². The fraction of sp³-hybridized carbons (Fsp3) is 0.500. The van der Waals surface area contributed by atoms with Gasteiger partial charge in [-0.1, -0.05) is 67.1 Å². The molecule has 2 unspecified atom stereocenters. The van der Waals surface area contributed by atoms with Gasteiger partial charge in [0.2, 0.25) is 11.8 Å². The first-order valence-corrected chi connectivity index (χ1v) is 14.0. The van der Waals surface area contributed by atoms with Gasteiger partial charge in [-0.15, -0.1) is 0 Å². The zero-order valence-electron chi connectivity index (χ0n) is 25.6. The number of rotatable bonds is 11. The molecule has 224 valence electrons. The number of hydrogen-bond acceptors (Lipinski definition) is 6. The molecule has 9 heteroatoms. The molecule has 0 fully saturated rings. The molecule has 0 aromatic heterocycles. The van der Waals surface area contributed by atoms with Crippen LogP contribution in [0, 0.1) is 6.92 Å². The highest BCUT2D eigenvalue weighted by Crippen LogP contribution is 2.24. The lowest BCUT2D eigenvalue weighted by atomic mass is 10.0. The third-order valence-electron chi connectivity index (χ3n) is 5.81. The van der Waals surface area contributed by atoms with Crippen LogP contribution in [0.5, 0.6) is 0 Å². The van der Waals surface area contributed by atoms with Gasteiger partial charge >= 0.3 is 12.1 Å². The second kappa shape index (κ2) is 14.7. The highest BCUT2D eigenvalue weighted by molar-refractivity contribution is 5.92. The Balaban J connectivity index is 2.41. The minimum absolute atomic E-state index is 0.212. The molecule has 0 bridgehead atoms. The van der Waals surface area contributed by atoms with Crippen LogP contribution in [0.15, 0.2) is 54.6 Å². The van der Waals surface area contributed by atoms with Gasteiger partial charge in [0, 0.05) is 13.0 Å². The van der Waals surface area contributed by atoms with Crippen molar-refractivity contribution in [2.24, 2.45) is 0 Å². The molecule has 41 heavy (non-hydrogen) atoms. The summed E-state index contributed by atoms with van der Waals surface area (Å²) in [5, 5.41) is 5.36. The van der Waals surface area contributed by atoms with E-state index in [9.17, 15) is 19.2 Å². The van der Waals surface area contributed by atoms with E-state index >= 15 is 0 Å². The number of ether oxygens (including phenoxy) is 2. The minimum Gasteiger partial charge on any atom is -0.458 e. The molecule has 2 rings (SSSR count). The molecular formula is C32H45N3O6. The standard InChI is InChI=1S/C32H45N3O6/c1-9-19-35(26(36)21-33-30(39)41-32(6,7)8)27(24-17-15-22(2)16-18-24)28(37)34-25(29(38)40-31(3,4)5)20-23-13-11-10-12-14-23/h10-18,25,27H,9,19-21H2,1-8H3,(H,33,39)(H,34,37). The lowest BCUT2D eigenvalue weighted by Crippen LogP contribution is -2.52. The predicted molar refractivity (Wildman–Crippen MR) is 158 cm³/mol. The van der Waals surface area contributed by atoms with Crippen LogP contribution in [-0.2, 0) is 30.3 Å². The summed E-state index contributed by atoms with van der Waals surface area (Å²) in [5.41, 5.74) is 0.928. The Morgan fingerprint density at radius 2 is 1.44 bits per heavy atom. The van der Waals surface area contributed by atoms with Crippen LogP contribution in [0.25, 0.3) is 0 Å². The summed E-state index contributed by atoms with van der Waals surface area (Å²) in [5.74, 6) is -1.56. The van der Waals surface area contributed by atoms with Crippen molar-refractivity contribution in [3.63, 3.8) is 0 Å². The predicted octanol–water partition coefficient (Wildman–Crippen LogP) is 4.87. The maximum atomic E-state index is 14.0. The largest absolute Gasteiger partial charge is 0.458 e. The fourth-order valence-corrected chi connectivity index (χ4v) is 4.09. The zero-order chi connectivity index (χ0) is 30.8. The summed E-state index contributed by atoms with van der Waals surface area (Å²) in [6.07, 6.45) is 0.0451. The Bertz CT molecular complexity index is 1170. The van der Waals surface area contributed by atoms with Gasteiger partial charge in [0.15, 0.2) is 0 Å².